The fraction of sp³-hybridized carbons (Fsp3) is 0.286. The maximum atomic E-state index is 12.3. The van der Waals surface area contributed by atoms with Crippen LogP contribution in [0.25, 0.3) is 0 Å². The molecule has 1 aromatic carbocycles. The van der Waals surface area contributed by atoms with E-state index in [2.05, 4.69) is 6.58 Å². The zero-order valence-corrected chi connectivity index (χ0v) is 12.6. The van der Waals surface area contributed by atoms with Gasteiger partial charge >= 0.3 is 5.97 Å². The van der Waals surface area contributed by atoms with Crippen molar-refractivity contribution in [2.45, 2.75) is 6.92 Å². The summed E-state index contributed by atoms with van der Waals surface area (Å²) in [5.41, 5.74) is 0.314. The van der Waals surface area contributed by atoms with Gasteiger partial charge in [-0.1, -0.05) is 29.3 Å². The van der Waals surface area contributed by atoms with Crippen LogP contribution in [0.15, 0.2) is 30.9 Å². The summed E-state index contributed by atoms with van der Waals surface area (Å²) in [6, 6.07) is 4.52. The summed E-state index contributed by atoms with van der Waals surface area (Å²) in [5.74, 6) is -0.835. The molecular weight excluding hydrogens is 301 g/mol. The van der Waals surface area contributed by atoms with Gasteiger partial charge in [0.25, 0.3) is 5.91 Å². The third-order valence-corrected chi connectivity index (χ3v) is 2.81. The van der Waals surface area contributed by atoms with Gasteiger partial charge in [-0.2, -0.15) is 0 Å². The van der Waals surface area contributed by atoms with Gasteiger partial charge in [0.1, 0.15) is 6.54 Å². The molecule has 0 spiro atoms. The molecule has 1 aromatic rings. The van der Waals surface area contributed by atoms with E-state index in [0.29, 0.717) is 15.6 Å². The molecule has 0 aliphatic heterocycles. The van der Waals surface area contributed by atoms with Crippen LogP contribution in [-0.4, -0.2) is 36.5 Å². The van der Waals surface area contributed by atoms with Gasteiger partial charge in [0.05, 0.1) is 6.61 Å². The van der Waals surface area contributed by atoms with Crippen molar-refractivity contribution in [1.29, 1.82) is 0 Å². The minimum absolute atomic E-state index is 0.150. The monoisotopic (exact) mass is 315 g/mol. The second-order valence-electron chi connectivity index (χ2n) is 3.94. The Kier molecular flexibility index (Phi) is 6.55. The second kappa shape index (κ2) is 7.92. The highest BCUT2D eigenvalue weighted by atomic mass is 35.5. The summed E-state index contributed by atoms with van der Waals surface area (Å²) in [7, 11) is 0. The first-order chi connectivity index (χ1) is 9.47. The molecule has 6 heteroatoms. The minimum Gasteiger partial charge on any atom is -0.465 e. The van der Waals surface area contributed by atoms with E-state index < -0.39 is 5.97 Å². The summed E-state index contributed by atoms with van der Waals surface area (Å²) < 4.78 is 4.83. The average molecular weight is 316 g/mol. The lowest BCUT2D eigenvalue weighted by atomic mass is 10.2. The van der Waals surface area contributed by atoms with Gasteiger partial charge in [0.15, 0.2) is 0 Å². The molecule has 0 fully saturated rings. The molecule has 1 rings (SSSR count). The van der Waals surface area contributed by atoms with Crippen LogP contribution in [0.2, 0.25) is 10.0 Å². The van der Waals surface area contributed by atoms with Crippen LogP contribution in [-0.2, 0) is 9.53 Å². The number of rotatable bonds is 6. The number of carbonyl (C=O) groups is 2. The molecule has 20 heavy (non-hydrogen) atoms. The third kappa shape index (κ3) is 4.87. The summed E-state index contributed by atoms with van der Waals surface area (Å²) in [5, 5.41) is 0.714. The van der Waals surface area contributed by atoms with Gasteiger partial charge in [0, 0.05) is 22.2 Å². The third-order valence-electron chi connectivity index (χ3n) is 2.37. The lowest BCUT2D eigenvalue weighted by molar-refractivity contribution is -0.143. The van der Waals surface area contributed by atoms with Crippen LogP contribution >= 0.6 is 23.2 Å². The second-order valence-corrected chi connectivity index (χ2v) is 4.81. The number of esters is 1. The predicted molar refractivity (Wildman–Crippen MR) is 79.2 cm³/mol. The number of hydrogen-bond acceptors (Lipinski definition) is 3. The number of nitrogens with zero attached hydrogens (tertiary/aromatic N) is 1. The average Bonchev–Trinajstić information content (AvgIpc) is 2.36. The Bertz CT molecular complexity index is 497. The Balaban J connectivity index is 2.92. The van der Waals surface area contributed by atoms with Crippen molar-refractivity contribution in [3.05, 3.63) is 46.5 Å². The highest BCUT2D eigenvalue weighted by Gasteiger charge is 2.19. The molecule has 0 unspecified atom stereocenters. The topological polar surface area (TPSA) is 46.6 Å². The Hall–Kier alpha value is -1.52. The van der Waals surface area contributed by atoms with Gasteiger partial charge in [-0.15, -0.1) is 6.58 Å². The largest absolute Gasteiger partial charge is 0.465 e. The molecule has 0 saturated heterocycles. The Morgan fingerprint density at radius 2 is 1.90 bits per heavy atom. The lowest BCUT2D eigenvalue weighted by Gasteiger charge is -2.20. The lowest BCUT2D eigenvalue weighted by Crippen LogP contribution is -2.36. The van der Waals surface area contributed by atoms with Crippen molar-refractivity contribution >= 4 is 35.1 Å². The molecule has 1 amide bonds. The summed E-state index contributed by atoms with van der Waals surface area (Å²) in [6.07, 6.45) is 1.53. The SMILES string of the molecule is C=CCN(CC(=O)OCC)C(=O)c1cc(Cl)cc(Cl)c1. The number of benzene rings is 1. The molecule has 0 radical (unpaired) electrons. The zero-order valence-electron chi connectivity index (χ0n) is 11.1. The first-order valence-electron chi connectivity index (χ1n) is 5.99. The molecule has 0 aromatic heterocycles. The van der Waals surface area contributed by atoms with Gasteiger partial charge in [-0.3, -0.25) is 9.59 Å². The summed E-state index contributed by atoms with van der Waals surface area (Å²) in [4.78, 5) is 25.1. The van der Waals surface area contributed by atoms with Crippen molar-refractivity contribution in [3.8, 4) is 0 Å². The van der Waals surface area contributed by atoms with E-state index in [1.54, 1.807) is 6.92 Å². The predicted octanol–water partition coefficient (Wildman–Crippen LogP) is 3.18. The molecule has 0 aliphatic carbocycles. The molecule has 0 N–H and O–H groups in total. The quantitative estimate of drug-likeness (QED) is 0.598. The number of carbonyl (C=O) groups excluding carboxylic acids is 2. The number of amides is 1. The molecular formula is C14H15Cl2NO3. The van der Waals surface area contributed by atoms with Crippen LogP contribution in [0.4, 0.5) is 0 Å². The molecule has 108 valence electrons. The highest BCUT2D eigenvalue weighted by molar-refractivity contribution is 6.35. The van der Waals surface area contributed by atoms with Crippen LogP contribution in [0, 0.1) is 0 Å². The van der Waals surface area contributed by atoms with Gasteiger partial charge in [0.2, 0.25) is 0 Å². The maximum Gasteiger partial charge on any atom is 0.325 e. The molecule has 0 bridgehead atoms. The number of ether oxygens (including phenoxy) is 1. The van der Waals surface area contributed by atoms with Crippen molar-refractivity contribution < 1.29 is 14.3 Å². The van der Waals surface area contributed by atoms with E-state index in [1.807, 2.05) is 0 Å². The van der Waals surface area contributed by atoms with Gasteiger partial charge in [-0.25, -0.2) is 0 Å². The van der Waals surface area contributed by atoms with Gasteiger partial charge < -0.3 is 9.64 Å². The smallest absolute Gasteiger partial charge is 0.325 e. The normalized spacial score (nSPS) is 9.95. The molecule has 4 nitrogen and oxygen atoms in total. The minimum atomic E-state index is -0.476. The fourth-order valence-corrected chi connectivity index (χ4v) is 2.12. The fourth-order valence-electron chi connectivity index (χ4n) is 1.60. The van der Waals surface area contributed by atoms with Crippen molar-refractivity contribution in [2.24, 2.45) is 0 Å². The molecule has 0 saturated carbocycles. The molecule has 0 aliphatic rings. The zero-order chi connectivity index (χ0) is 15.1. The molecule has 0 heterocycles. The Morgan fingerprint density at radius 3 is 2.40 bits per heavy atom. The first kappa shape index (κ1) is 16.5. The number of hydrogen-bond donors (Lipinski definition) is 0. The van der Waals surface area contributed by atoms with Crippen LogP contribution in [0.3, 0.4) is 0 Å². The standard InChI is InChI=1S/C14H15Cl2NO3/c1-3-5-17(9-13(18)20-4-2)14(19)10-6-11(15)8-12(16)7-10/h3,6-8H,1,4-5,9H2,2H3. The maximum absolute atomic E-state index is 12.3. The van der Waals surface area contributed by atoms with Crippen LogP contribution in [0.5, 0.6) is 0 Å². The van der Waals surface area contributed by atoms with E-state index in [-0.39, 0.29) is 25.6 Å². The Labute approximate surface area is 127 Å². The van der Waals surface area contributed by atoms with Crippen molar-refractivity contribution in [3.63, 3.8) is 0 Å². The van der Waals surface area contributed by atoms with E-state index in [4.69, 9.17) is 27.9 Å². The van der Waals surface area contributed by atoms with Crippen molar-refractivity contribution in [2.75, 3.05) is 19.7 Å². The summed E-state index contributed by atoms with van der Waals surface area (Å²) >= 11 is 11.7. The van der Waals surface area contributed by atoms with E-state index in [9.17, 15) is 9.59 Å². The number of halogens is 2. The Morgan fingerprint density at radius 1 is 1.30 bits per heavy atom. The van der Waals surface area contributed by atoms with E-state index in [0.717, 1.165) is 0 Å². The van der Waals surface area contributed by atoms with Crippen LogP contribution < -0.4 is 0 Å². The van der Waals surface area contributed by atoms with Crippen molar-refractivity contribution in [1.82, 2.24) is 4.90 Å². The van der Waals surface area contributed by atoms with Gasteiger partial charge in [-0.05, 0) is 25.1 Å². The van der Waals surface area contributed by atoms with Crippen LogP contribution in [0.1, 0.15) is 17.3 Å². The molecule has 0 atom stereocenters. The highest BCUT2D eigenvalue weighted by Crippen LogP contribution is 2.20. The summed E-state index contributed by atoms with van der Waals surface area (Å²) in [6.45, 7) is 5.61. The first-order valence-corrected chi connectivity index (χ1v) is 6.75. The van der Waals surface area contributed by atoms with E-state index >= 15 is 0 Å². The van der Waals surface area contributed by atoms with E-state index in [1.165, 1.54) is 29.2 Å².